The Kier molecular flexibility index (Phi) is 3.70. The molecule has 3 nitrogen and oxygen atoms in total. The summed E-state index contributed by atoms with van der Waals surface area (Å²) in [4.78, 5) is 6.58. The van der Waals surface area contributed by atoms with E-state index in [1.54, 1.807) is 0 Å². The zero-order valence-corrected chi connectivity index (χ0v) is 11.9. The first-order chi connectivity index (χ1) is 9.81. The third-order valence-electron chi connectivity index (χ3n) is 4.18. The smallest absolute Gasteiger partial charge is 0.0694 e. The lowest BCUT2D eigenvalue weighted by Crippen LogP contribution is -2.40. The molecule has 1 aliphatic rings. The minimum absolute atomic E-state index is 0.128. The minimum Gasteiger partial charge on any atom is -0.362 e. The van der Waals surface area contributed by atoms with E-state index < -0.39 is 0 Å². The van der Waals surface area contributed by atoms with Crippen LogP contribution in [-0.2, 0) is 6.42 Å². The lowest BCUT2D eigenvalue weighted by Gasteiger charge is -2.34. The number of anilines is 1. The molecule has 2 N–H and O–H groups in total. The molecule has 0 saturated carbocycles. The van der Waals surface area contributed by atoms with Crippen molar-refractivity contribution in [3.05, 3.63) is 59.9 Å². The van der Waals surface area contributed by atoms with E-state index in [1.807, 2.05) is 12.4 Å². The SMILES string of the molecule is CCC(N)C(c1ccncc1)N1CCc2ccccc21. The fourth-order valence-electron chi connectivity index (χ4n) is 3.09. The van der Waals surface area contributed by atoms with E-state index in [1.165, 1.54) is 16.8 Å². The molecule has 2 heterocycles. The van der Waals surface area contributed by atoms with E-state index >= 15 is 0 Å². The molecule has 1 aliphatic heterocycles. The first-order valence-electron chi connectivity index (χ1n) is 7.31. The van der Waals surface area contributed by atoms with E-state index in [0.717, 1.165) is 19.4 Å². The van der Waals surface area contributed by atoms with Crippen LogP contribution in [0.2, 0.25) is 0 Å². The molecule has 1 aromatic heterocycles. The predicted molar refractivity (Wildman–Crippen MR) is 82.7 cm³/mol. The second-order valence-corrected chi connectivity index (χ2v) is 5.37. The molecule has 0 saturated heterocycles. The maximum Gasteiger partial charge on any atom is 0.0694 e. The number of hydrogen-bond acceptors (Lipinski definition) is 3. The van der Waals surface area contributed by atoms with Gasteiger partial charge in [-0.2, -0.15) is 0 Å². The lowest BCUT2D eigenvalue weighted by molar-refractivity contribution is 0.497. The Labute approximate surface area is 120 Å². The Morgan fingerprint density at radius 2 is 1.95 bits per heavy atom. The summed E-state index contributed by atoms with van der Waals surface area (Å²) in [5.74, 6) is 0. The predicted octanol–water partition coefficient (Wildman–Crippen LogP) is 2.92. The zero-order valence-electron chi connectivity index (χ0n) is 11.9. The Hall–Kier alpha value is -1.87. The third-order valence-corrected chi connectivity index (χ3v) is 4.18. The van der Waals surface area contributed by atoms with Crippen LogP contribution in [0.5, 0.6) is 0 Å². The van der Waals surface area contributed by atoms with Crippen LogP contribution in [0.1, 0.15) is 30.5 Å². The zero-order chi connectivity index (χ0) is 13.9. The van der Waals surface area contributed by atoms with Crippen LogP contribution >= 0.6 is 0 Å². The average Bonchev–Trinajstić information content (AvgIpc) is 2.92. The van der Waals surface area contributed by atoms with Crippen molar-refractivity contribution in [3.63, 3.8) is 0 Å². The van der Waals surface area contributed by atoms with Crippen LogP contribution in [-0.4, -0.2) is 17.6 Å². The van der Waals surface area contributed by atoms with Crippen LogP contribution in [0.25, 0.3) is 0 Å². The Morgan fingerprint density at radius 3 is 2.70 bits per heavy atom. The van der Waals surface area contributed by atoms with Crippen molar-refractivity contribution in [1.29, 1.82) is 0 Å². The van der Waals surface area contributed by atoms with E-state index in [0.29, 0.717) is 0 Å². The summed E-state index contributed by atoms with van der Waals surface area (Å²) in [7, 11) is 0. The molecule has 3 rings (SSSR count). The molecule has 3 heteroatoms. The number of benzene rings is 1. The van der Waals surface area contributed by atoms with Gasteiger partial charge in [0.05, 0.1) is 6.04 Å². The summed E-state index contributed by atoms with van der Waals surface area (Å²) in [6, 6.07) is 13.2. The molecular weight excluding hydrogens is 246 g/mol. The summed E-state index contributed by atoms with van der Waals surface area (Å²) in [6.45, 7) is 3.20. The normalized spacial score (nSPS) is 16.8. The molecule has 2 atom stereocenters. The van der Waals surface area contributed by atoms with Gasteiger partial charge in [0.2, 0.25) is 0 Å². The molecule has 0 amide bonds. The molecule has 1 aromatic carbocycles. The van der Waals surface area contributed by atoms with Gasteiger partial charge in [0, 0.05) is 30.7 Å². The molecule has 0 spiro atoms. The van der Waals surface area contributed by atoms with Crippen molar-refractivity contribution >= 4 is 5.69 Å². The number of rotatable bonds is 4. The van der Waals surface area contributed by atoms with Gasteiger partial charge in [-0.1, -0.05) is 25.1 Å². The molecule has 20 heavy (non-hydrogen) atoms. The number of hydrogen-bond donors (Lipinski definition) is 1. The van der Waals surface area contributed by atoms with E-state index in [2.05, 4.69) is 53.2 Å². The van der Waals surface area contributed by atoms with Gasteiger partial charge in [0.25, 0.3) is 0 Å². The minimum atomic E-state index is 0.128. The van der Waals surface area contributed by atoms with Crippen LogP contribution in [0.15, 0.2) is 48.8 Å². The maximum absolute atomic E-state index is 6.42. The van der Waals surface area contributed by atoms with Gasteiger partial charge in [-0.25, -0.2) is 0 Å². The first-order valence-corrected chi connectivity index (χ1v) is 7.31. The van der Waals surface area contributed by atoms with Gasteiger partial charge in [-0.3, -0.25) is 4.98 Å². The van der Waals surface area contributed by atoms with Crippen LogP contribution in [0, 0.1) is 0 Å². The second-order valence-electron chi connectivity index (χ2n) is 5.37. The Morgan fingerprint density at radius 1 is 1.20 bits per heavy atom. The molecule has 0 radical (unpaired) electrons. The third kappa shape index (κ3) is 2.29. The monoisotopic (exact) mass is 267 g/mol. The quantitative estimate of drug-likeness (QED) is 0.926. The number of para-hydroxylation sites is 1. The average molecular weight is 267 g/mol. The molecule has 0 aliphatic carbocycles. The summed E-state index contributed by atoms with van der Waals surface area (Å²) in [5, 5.41) is 0. The van der Waals surface area contributed by atoms with Gasteiger partial charge in [-0.05, 0) is 42.2 Å². The van der Waals surface area contributed by atoms with E-state index in [-0.39, 0.29) is 12.1 Å². The molecular formula is C17H21N3. The van der Waals surface area contributed by atoms with Crippen molar-refractivity contribution in [2.75, 3.05) is 11.4 Å². The number of nitrogens with zero attached hydrogens (tertiary/aromatic N) is 2. The Bertz CT molecular complexity index is 567. The topological polar surface area (TPSA) is 42.1 Å². The number of nitrogens with two attached hydrogens (primary N) is 1. The lowest BCUT2D eigenvalue weighted by atomic mass is 9.97. The summed E-state index contributed by atoms with van der Waals surface area (Å²) in [5.41, 5.74) is 10.4. The molecule has 2 unspecified atom stereocenters. The van der Waals surface area contributed by atoms with Crippen molar-refractivity contribution in [2.24, 2.45) is 5.73 Å². The van der Waals surface area contributed by atoms with Gasteiger partial charge in [-0.15, -0.1) is 0 Å². The number of fused-ring (bicyclic) bond motifs is 1. The summed E-state index contributed by atoms with van der Waals surface area (Å²) < 4.78 is 0. The Balaban J connectivity index is 2.00. The molecule has 2 aromatic rings. The van der Waals surface area contributed by atoms with Crippen LogP contribution < -0.4 is 10.6 Å². The molecule has 0 bridgehead atoms. The van der Waals surface area contributed by atoms with Crippen LogP contribution in [0.4, 0.5) is 5.69 Å². The maximum atomic E-state index is 6.42. The second kappa shape index (κ2) is 5.63. The van der Waals surface area contributed by atoms with Gasteiger partial charge >= 0.3 is 0 Å². The largest absolute Gasteiger partial charge is 0.362 e. The highest BCUT2D eigenvalue weighted by molar-refractivity contribution is 5.59. The van der Waals surface area contributed by atoms with E-state index in [4.69, 9.17) is 5.73 Å². The van der Waals surface area contributed by atoms with Gasteiger partial charge < -0.3 is 10.6 Å². The highest BCUT2D eigenvalue weighted by Crippen LogP contribution is 2.36. The standard InChI is InChI=1S/C17H21N3/c1-2-15(18)17(14-7-10-19-11-8-14)20-12-9-13-5-3-4-6-16(13)20/h3-8,10-11,15,17H,2,9,12,18H2,1H3. The number of pyridine rings is 1. The summed E-state index contributed by atoms with van der Waals surface area (Å²) in [6.07, 6.45) is 5.78. The highest BCUT2D eigenvalue weighted by Gasteiger charge is 2.30. The van der Waals surface area contributed by atoms with Crippen molar-refractivity contribution in [2.45, 2.75) is 31.8 Å². The first kappa shape index (κ1) is 13.1. The summed E-state index contributed by atoms with van der Waals surface area (Å²) >= 11 is 0. The van der Waals surface area contributed by atoms with Crippen molar-refractivity contribution in [1.82, 2.24) is 4.98 Å². The molecule has 104 valence electrons. The fraction of sp³-hybridized carbons (Fsp3) is 0.353. The van der Waals surface area contributed by atoms with Crippen molar-refractivity contribution < 1.29 is 0 Å². The van der Waals surface area contributed by atoms with Gasteiger partial charge in [0.1, 0.15) is 0 Å². The number of aromatic nitrogens is 1. The highest BCUT2D eigenvalue weighted by atomic mass is 15.2. The van der Waals surface area contributed by atoms with Crippen molar-refractivity contribution in [3.8, 4) is 0 Å². The van der Waals surface area contributed by atoms with Gasteiger partial charge in [0.15, 0.2) is 0 Å². The molecule has 0 fully saturated rings. The van der Waals surface area contributed by atoms with E-state index in [9.17, 15) is 0 Å². The fourth-order valence-corrected chi connectivity index (χ4v) is 3.09. The van der Waals surface area contributed by atoms with Crippen LogP contribution in [0.3, 0.4) is 0 Å².